The minimum absolute atomic E-state index is 0.0943. The van der Waals surface area contributed by atoms with Crippen LogP contribution in [0.3, 0.4) is 0 Å². The predicted molar refractivity (Wildman–Crippen MR) is 69.2 cm³/mol. The van der Waals surface area contributed by atoms with Crippen molar-refractivity contribution in [1.29, 1.82) is 0 Å². The number of hydrogen-bond donors (Lipinski definition) is 0. The topological polar surface area (TPSA) is 12.9 Å². The highest BCUT2D eigenvalue weighted by Gasteiger charge is 2.15. The molecule has 2 rings (SSSR count). The molecule has 92 valence electrons. The van der Waals surface area contributed by atoms with E-state index in [-0.39, 0.29) is 5.56 Å². The Morgan fingerprint density at radius 1 is 1.11 bits per heavy atom. The number of hydrogen-bond acceptors (Lipinski definition) is 1. The maximum absolute atomic E-state index is 14.2. The van der Waals surface area contributed by atoms with Gasteiger partial charge in [-0.15, -0.1) is 0 Å². The fourth-order valence-corrected chi connectivity index (χ4v) is 2.08. The summed E-state index contributed by atoms with van der Waals surface area (Å²) in [5, 5.41) is 0. The second-order valence-electron chi connectivity index (χ2n) is 4.18. The van der Waals surface area contributed by atoms with Gasteiger partial charge in [-0.3, -0.25) is 4.98 Å². The quantitative estimate of drug-likeness (QED) is 0.769. The van der Waals surface area contributed by atoms with E-state index >= 15 is 0 Å². The third-order valence-electron chi connectivity index (χ3n) is 2.93. The summed E-state index contributed by atoms with van der Waals surface area (Å²) in [6.45, 7) is 7.15. The molecule has 0 aliphatic carbocycles. The Balaban J connectivity index is 2.76. The summed E-state index contributed by atoms with van der Waals surface area (Å²) < 4.78 is 27.7. The van der Waals surface area contributed by atoms with Crippen LogP contribution in [0.5, 0.6) is 0 Å². The van der Waals surface area contributed by atoms with E-state index in [1.54, 1.807) is 12.4 Å². The Labute approximate surface area is 105 Å². The Kier molecular flexibility index (Phi) is 3.24. The van der Waals surface area contributed by atoms with Crippen LogP contribution in [0.25, 0.3) is 17.2 Å². The number of halogens is 2. The van der Waals surface area contributed by atoms with Crippen molar-refractivity contribution in [2.45, 2.75) is 13.8 Å². The van der Waals surface area contributed by atoms with Crippen LogP contribution in [0, 0.1) is 25.5 Å². The van der Waals surface area contributed by atoms with Gasteiger partial charge in [0.1, 0.15) is 11.6 Å². The van der Waals surface area contributed by atoms with Gasteiger partial charge in [0.25, 0.3) is 0 Å². The molecule has 0 fully saturated rings. The zero-order valence-corrected chi connectivity index (χ0v) is 10.3. The van der Waals surface area contributed by atoms with Crippen LogP contribution in [0.2, 0.25) is 0 Å². The number of benzene rings is 1. The molecule has 0 bridgehead atoms. The van der Waals surface area contributed by atoms with E-state index < -0.39 is 11.6 Å². The first-order valence-corrected chi connectivity index (χ1v) is 5.58. The molecule has 0 amide bonds. The molecular weight excluding hydrogens is 232 g/mol. The lowest BCUT2D eigenvalue weighted by Gasteiger charge is -2.12. The van der Waals surface area contributed by atoms with Gasteiger partial charge in [0.15, 0.2) is 0 Å². The lowest BCUT2D eigenvalue weighted by atomic mass is 9.96. The second kappa shape index (κ2) is 4.69. The normalized spacial score (nSPS) is 10.4. The SMILES string of the molecule is C=Cc1c(F)ccc(-c2c(C)cncc2C)c1F. The molecule has 0 radical (unpaired) electrons. The van der Waals surface area contributed by atoms with Crippen LogP contribution < -0.4 is 0 Å². The van der Waals surface area contributed by atoms with Crippen molar-refractivity contribution in [2.75, 3.05) is 0 Å². The molecule has 18 heavy (non-hydrogen) atoms. The number of rotatable bonds is 2. The largest absolute Gasteiger partial charge is 0.264 e. The smallest absolute Gasteiger partial charge is 0.141 e. The molecule has 2 aromatic rings. The molecule has 0 unspecified atom stereocenters. The molecule has 0 saturated carbocycles. The Hall–Kier alpha value is -2.03. The molecule has 0 spiro atoms. The van der Waals surface area contributed by atoms with Gasteiger partial charge in [-0.1, -0.05) is 12.7 Å². The van der Waals surface area contributed by atoms with Crippen molar-refractivity contribution in [3.05, 3.63) is 59.4 Å². The average molecular weight is 245 g/mol. The van der Waals surface area contributed by atoms with Crippen LogP contribution in [-0.4, -0.2) is 4.98 Å². The third-order valence-corrected chi connectivity index (χ3v) is 2.93. The van der Waals surface area contributed by atoms with Gasteiger partial charge in [0.2, 0.25) is 0 Å². The molecule has 0 saturated heterocycles. The van der Waals surface area contributed by atoms with Crippen molar-refractivity contribution < 1.29 is 8.78 Å². The number of aryl methyl sites for hydroxylation is 2. The highest BCUT2D eigenvalue weighted by Crippen LogP contribution is 2.31. The van der Waals surface area contributed by atoms with Crippen LogP contribution >= 0.6 is 0 Å². The van der Waals surface area contributed by atoms with Gasteiger partial charge in [-0.05, 0) is 42.7 Å². The Bertz CT molecular complexity index is 598. The molecule has 1 nitrogen and oxygen atoms in total. The summed E-state index contributed by atoms with van der Waals surface area (Å²) in [5.41, 5.74) is 2.75. The zero-order chi connectivity index (χ0) is 13.3. The number of aromatic nitrogens is 1. The van der Waals surface area contributed by atoms with Crippen molar-refractivity contribution in [3.8, 4) is 11.1 Å². The monoisotopic (exact) mass is 245 g/mol. The molecular formula is C15H13F2N. The molecule has 1 aromatic carbocycles. The van der Waals surface area contributed by atoms with Crippen molar-refractivity contribution in [3.63, 3.8) is 0 Å². The minimum atomic E-state index is -0.601. The van der Waals surface area contributed by atoms with E-state index in [9.17, 15) is 8.78 Å². The first-order chi connectivity index (χ1) is 8.56. The molecule has 1 aromatic heterocycles. The summed E-state index contributed by atoms with van der Waals surface area (Å²) in [7, 11) is 0. The number of nitrogens with zero attached hydrogens (tertiary/aromatic N) is 1. The maximum Gasteiger partial charge on any atom is 0.141 e. The van der Waals surface area contributed by atoms with Gasteiger partial charge >= 0.3 is 0 Å². The second-order valence-corrected chi connectivity index (χ2v) is 4.18. The summed E-state index contributed by atoms with van der Waals surface area (Å²) in [5.74, 6) is -1.18. The highest BCUT2D eigenvalue weighted by atomic mass is 19.1. The van der Waals surface area contributed by atoms with Crippen LogP contribution in [-0.2, 0) is 0 Å². The molecule has 0 N–H and O–H groups in total. The van der Waals surface area contributed by atoms with Gasteiger partial charge in [-0.25, -0.2) is 8.78 Å². The minimum Gasteiger partial charge on any atom is -0.264 e. The van der Waals surface area contributed by atoms with E-state index in [1.807, 2.05) is 13.8 Å². The predicted octanol–water partition coefficient (Wildman–Crippen LogP) is 4.29. The lowest BCUT2D eigenvalue weighted by Crippen LogP contribution is -1.97. The molecule has 1 heterocycles. The average Bonchev–Trinajstić information content (AvgIpc) is 2.32. The van der Waals surface area contributed by atoms with E-state index in [0.29, 0.717) is 5.56 Å². The summed E-state index contributed by atoms with van der Waals surface area (Å²) in [6.07, 6.45) is 4.53. The fourth-order valence-electron chi connectivity index (χ4n) is 2.08. The molecule has 0 aliphatic heterocycles. The first-order valence-electron chi connectivity index (χ1n) is 5.58. The van der Waals surface area contributed by atoms with Gasteiger partial charge in [-0.2, -0.15) is 0 Å². The molecule has 0 atom stereocenters. The van der Waals surface area contributed by atoms with Gasteiger partial charge in [0, 0.05) is 23.5 Å². The first kappa shape index (κ1) is 12.4. The van der Waals surface area contributed by atoms with E-state index in [0.717, 1.165) is 16.7 Å². The summed E-state index contributed by atoms with van der Waals surface area (Å²) in [4.78, 5) is 4.04. The fraction of sp³-hybridized carbons (Fsp3) is 0.133. The molecule has 0 aliphatic rings. The van der Waals surface area contributed by atoms with Crippen molar-refractivity contribution >= 4 is 6.08 Å². The standard InChI is InChI=1S/C15H13F2N/c1-4-11-13(16)6-5-12(15(11)17)14-9(2)7-18-8-10(14)3/h4-8H,1H2,2-3H3. The van der Waals surface area contributed by atoms with Gasteiger partial charge < -0.3 is 0 Å². The van der Waals surface area contributed by atoms with Gasteiger partial charge in [0.05, 0.1) is 0 Å². The van der Waals surface area contributed by atoms with Crippen LogP contribution in [0.1, 0.15) is 16.7 Å². The van der Waals surface area contributed by atoms with E-state index in [1.165, 1.54) is 18.2 Å². The van der Waals surface area contributed by atoms with E-state index in [2.05, 4.69) is 11.6 Å². The molecule has 3 heteroatoms. The van der Waals surface area contributed by atoms with Crippen LogP contribution in [0.4, 0.5) is 8.78 Å². The number of pyridine rings is 1. The Morgan fingerprint density at radius 3 is 2.28 bits per heavy atom. The zero-order valence-electron chi connectivity index (χ0n) is 10.3. The van der Waals surface area contributed by atoms with Crippen molar-refractivity contribution in [1.82, 2.24) is 4.98 Å². The lowest BCUT2D eigenvalue weighted by molar-refractivity contribution is 0.581. The van der Waals surface area contributed by atoms with Crippen molar-refractivity contribution in [2.24, 2.45) is 0 Å². The Morgan fingerprint density at radius 2 is 1.72 bits per heavy atom. The summed E-state index contributed by atoms with van der Waals surface area (Å²) >= 11 is 0. The summed E-state index contributed by atoms with van der Waals surface area (Å²) in [6, 6.07) is 2.71. The third kappa shape index (κ3) is 1.92. The maximum atomic E-state index is 14.2. The highest BCUT2D eigenvalue weighted by molar-refractivity contribution is 5.73. The van der Waals surface area contributed by atoms with E-state index in [4.69, 9.17) is 0 Å². The van der Waals surface area contributed by atoms with Crippen LogP contribution in [0.15, 0.2) is 31.1 Å².